The van der Waals surface area contributed by atoms with Gasteiger partial charge < -0.3 is 15.0 Å². The maximum atomic E-state index is 12.6. The first-order valence-electron chi connectivity index (χ1n) is 7.18. The van der Waals surface area contributed by atoms with Crippen LogP contribution in [0.15, 0.2) is 48.5 Å². The Hall–Kier alpha value is -2.75. The van der Waals surface area contributed by atoms with Gasteiger partial charge >= 0.3 is 0 Å². The summed E-state index contributed by atoms with van der Waals surface area (Å²) in [6.45, 7) is 2.40. The Bertz CT molecular complexity index is 807. The van der Waals surface area contributed by atoms with Gasteiger partial charge in [-0.2, -0.15) is 0 Å². The number of methoxy groups -OCH3 is 1. The fraction of sp³-hybridized carbons (Fsp3) is 0.167. The highest BCUT2D eigenvalue weighted by Crippen LogP contribution is 2.30. The summed E-state index contributed by atoms with van der Waals surface area (Å²) in [4.78, 5) is 15.8. The molecule has 0 bridgehead atoms. The molecule has 0 atom stereocenters. The third-order valence-electron chi connectivity index (χ3n) is 3.72. The van der Waals surface area contributed by atoms with Crippen LogP contribution >= 0.6 is 0 Å². The number of nitrogens with one attached hydrogen (secondary N) is 2. The number of aromatic nitrogens is 1. The van der Waals surface area contributed by atoms with Crippen LogP contribution in [0.2, 0.25) is 0 Å². The molecule has 4 nitrogen and oxygen atoms in total. The molecule has 1 amide bonds. The molecule has 0 fully saturated rings. The molecule has 0 aliphatic carbocycles. The van der Waals surface area contributed by atoms with Gasteiger partial charge in [-0.3, -0.25) is 4.79 Å². The second-order valence-electron chi connectivity index (χ2n) is 5.18. The molecule has 0 saturated carbocycles. The summed E-state index contributed by atoms with van der Waals surface area (Å²) >= 11 is 0. The lowest BCUT2D eigenvalue weighted by atomic mass is 10.1. The van der Waals surface area contributed by atoms with E-state index in [2.05, 4.69) is 10.3 Å². The predicted molar refractivity (Wildman–Crippen MR) is 87.2 cm³/mol. The number of hydrogen-bond acceptors (Lipinski definition) is 2. The van der Waals surface area contributed by atoms with Crippen molar-refractivity contribution in [1.82, 2.24) is 10.3 Å². The monoisotopic (exact) mass is 294 g/mol. The molecule has 0 aliphatic rings. The van der Waals surface area contributed by atoms with E-state index in [1.807, 2.05) is 55.5 Å². The minimum Gasteiger partial charge on any atom is -0.496 e. The normalized spacial score (nSPS) is 10.6. The fourth-order valence-corrected chi connectivity index (χ4v) is 2.67. The van der Waals surface area contributed by atoms with Crippen LogP contribution in [0, 0.1) is 6.92 Å². The summed E-state index contributed by atoms with van der Waals surface area (Å²) in [7, 11) is 1.61. The van der Waals surface area contributed by atoms with E-state index in [1.165, 1.54) is 0 Å². The Morgan fingerprint density at radius 1 is 1.14 bits per heavy atom. The van der Waals surface area contributed by atoms with Crippen LogP contribution in [0.25, 0.3) is 10.9 Å². The molecule has 0 spiro atoms. The highest BCUT2D eigenvalue weighted by Gasteiger charge is 2.18. The van der Waals surface area contributed by atoms with Crippen LogP contribution in [-0.2, 0) is 6.54 Å². The summed E-state index contributed by atoms with van der Waals surface area (Å²) in [5.74, 6) is 0.601. The minimum atomic E-state index is -0.0999. The lowest BCUT2D eigenvalue weighted by Crippen LogP contribution is -2.23. The topological polar surface area (TPSA) is 54.1 Å². The highest BCUT2D eigenvalue weighted by molar-refractivity contribution is 6.10. The van der Waals surface area contributed by atoms with Crippen molar-refractivity contribution in [2.24, 2.45) is 0 Å². The zero-order valence-electron chi connectivity index (χ0n) is 12.6. The fourth-order valence-electron chi connectivity index (χ4n) is 2.67. The molecule has 1 aromatic heterocycles. The second-order valence-corrected chi connectivity index (χ2v) is 5.18. The van der Waals surface area contributed by atoms with Crippen molar-refractivity contribution < 1.29 is 9.53 Å². The smallest absolute Gasteiger partial charge is 0.254 e. The average molecular weight is 294 g/mol. The molecule has 0 aliphatic heterocycles. The van der Waals surface area contributed by atoms with E-state index < -0.39 is 0 Å². The average Bonchev–Trinajstić information content (AvgIpc) is 2.89. The van der Waals surface area contributed by atoms with Crippen LogP contribution in [0.1, 0.15) is 21.6 Å². The van der Waals surface area contributed by atoms with Crippen molar-refractivity contribution >= 4 is 16.8 Å². The SMILES string of the molecule is COc1cccc2[nH]c(C)c(C(=O)NCc3ccccc3)c12. The van der Waals surface area contributed by atoms with E-state index in [9.17, 15) is 4.79 Å². The molecule has 22 heavy (non-hydrogen) atoms. The number of fused-ring (bicyclic) bond motifs is 1. The number of aromatic amines is 1. The van der Waals surface area contributed by atoms with Gasteiger partial charge in [-0.05, 0) is 24.6 Å². The number of rotatable bonds is 4. The van der Waals surface area contributed by atoms with Crippen molar-refractivity contribution in [2.45, 2.75) is 13.5 Å². The first-order chi connectivity index (χ1) is 10.7. The predicted octanol–water partition coefficient (Wildman–Crippen LogP) is 3.41. The van der Waals surface area contributed by atoms with Crippen LogP contribution in [0.4, 0.5) is 0 Å². The number of benzene rings is 2. The summed E-state index contributed by atoms with van der Waals surface area (Å²) in [5, 5.41) is 3.80. The molecule has 0 radical (unpaired) electrons. The van der Waals surface area contributed by atoms with Crippen molar-refractivity contribution in [3.05, 3.63) is 65.4 Å². The summed E-state index contributed by atoms with van der Waals surface area (Å²) in [6.07, 6.45) is 0. The first kappa shape index (κ1) is 14.2. The molecule has 2 aromatic carbocycles. The van der Waals surface area contributed by atoms with Crippen molar-refractivity contribution in [1.29, 1.82) is 0 Å². The van der Waals surface area contributed by atoms with Gasteiger partial charge in [0.2, 0.25) is 0 Å². The highest BCUT2D eigenvalue weighted by atomic mass is 16.5. The van der Waals surface area contributed by atoms with E-state index in [4.69, 9.17) is 4.74 Å². The number of H-pyrrole nitrogens is 1. The summed E-state index contributed by atoms with van der Waals surface area (Å²) in [6, 6.07) is 15.6. The largest absolute Gasteiger partial charge is 0.496 e. The van der Waals surface area contributed by atoms with Crippen molar-refractivity contribution in [3.8, 4) is 5.75 Å². The maximum absolute atomic E-state index is 12.6. The molecule has 2 N–H and O–H groups in total. The Balaban J connectivity index is 1.92. The minimum absolute atomic E-state index is 0.0999. The lowest BCUT2D eigenvalue weighted by Gasteiger charge is -2.07. The van der Waals surface area contributed by atoms with E-state index in [0.717, 1.165) is 22.2 Å². The lowest BCUT2D eigenvalue weighted by molar-refractivity contribution is 0.0952. The molecule has 3 rings (SSSR count). The Labute approximate surface area is 129 Å². The summed E-state index contributed by atoms with van der Waals surface area (Å²) in [5.41, 5.74) is 3.45. The molecule has 112 valence electrons. The molecule has 0 saturated heterocycles. The van der Waals surface area contributed by atoms with Gasteiger partial charge in [0, 0.05) is 12.2 Å². The zero-order chi connectivity index (χ0) is 15.5. The number of carbonyl (C=O) groups is 1. The van der Waals surface area contributed by atoms with Gasteiger partial charge in [0.1, 0.15) is 5.75 Å². The van der Waals surface area contributed by atoms with Crippen molar-refractivity contribution in [3.63, 3.8) is 0 Å². The number of hydrogen-bond donors (Lipinski definition) is 2. The quantitative estimate of drug-likeness (QED) is 0.774. The van der Waals surface area contributed by atoms with Gasteiger partial charge in [0.25, 0.3) is 5.91 Å². The van der Waals surface area contributed by atoms with Crippen LogP contribution in [-0.4, -0.2) is 18.0 Å². The molecular formula is C18H18N2O2. The first-order valence-corrected chi connectivity index (χ1v) is 7.18. The molecule has 4 heteroatoms. The van der Waals surface area contributed by atoms with Gasteiger partial charge in [0.15, 0.2) is 0 Å². The third-order valence-corrected chi connectivity index (χ3v) is 3.72. The molecule has 1 heterocycles. The number of aryl methyl sites for hydroxylation is 1. The molecule has 3 aromatic rings. The van der Waals surface area contributed by atoms with Gasteiger partial charge in [-0.25, -0.2) is 0 Å². The second kappa shape index (κ2) is 5.93. The Kier molecular flexibility index (Phi) is 3.83. The maximum Gasteiger partial charge on any atom is 0.254 e. The zero-order valence-corrected chi connectivity index (χ0v) is 12.6. The van der Waals surface area contributed by atoms with E-state index >= 15 is 0 Å². The van der Waals surface area contributed by atoms with E-state index in [0.29, 0.717) is 17.9 Å². The Morgan fingerprint density at radius 2 is 1.91 bits per heavy atom. The third kappa shape index (κ3) is 2.55. The van der Waals surface area contributed by atoms with Gasteiger partial charge in [-0.1, -0.05) is 36.4 Å². The Morgan fingerprint density at radius 3 is 2.64 bits per heavy atom. The van der Waals surface area contributed by atoms with Crippen molar-refractivity contribution in [2.75, 3.05) is 7.11 Å². The van der Waals surface area contributed by atoms with Crippen LogP contribution in [0.3, 0.4) is 0 Å². The van der Waals surface area contributed by atoms with E-state index in [1.54, 1.807) is 7.11 Å². The summed E-state index contributed by atoms with van der Waals surface area (Å²) < 4.78 is 5.39. The van der Waals surface area contributed by atoms with Crippen LogP contribution < -0.4 is 10.1 Å². The molecule has 0 unspecified atom stereocenters. The molecular weight excluding hydrogens is 276 g/mol. The number of amides is 1. The number of carbonyl (C=O) groups excluding carboxylic acids is 1. The van der Waals surface area contributed by atoms with Gasteiger partial charge in [-0.15, -0.1) is 0 Å². The van der Waals surface area contributed by atoms with E-state index in [-0.39, 0.29) is 5.91 Å². The van der Waals surface area contributed by atoms with Gasteiger partial charge in [0.05, 0.1) is 23.6 Å². The number of ether oxygens (including phenoxy) is 1. The van der Waals surface area contributed by atoms with Crippen LogP contribution in [0.5, 0.6) is 5.75 Å². The standard InChI is InChI=1S/C18H18N2O2/c1-12-16(17-14(20-12)9-6-10-15(17)22-2)18(21)19-11-13-7-4-3-5-8-13/h3-10,20H,11H2,1-2H3,(H,19,21).